The summed E-state index contributed by atoms with van der Waals surface area (Å²) in [5.74, 6) is 0. The van der Waals surface area contributed by atoms with Crippen molar-refractivity contribution in [3.05, 3.63) is 17.5 Å². The molecule has 0 saturated heterocycles. The lowest BCUT2D eigenvalue weighted by atomic mass is 10.2. The van der Waals surface area contributed by atoms with E-state index in [-0.39, 0.29) is 0 Å². The molecule has 1 aromatic rings. The van der Waals surface area contributed by atoms with Crippen molar-refractivity contribution in [2.45, 2.75) is 46.2 Å². The summed E-state index contributed by atoms with van der Waals surface area (Å²) in [7, 11) is 1.96. The van der Waals surface area contributed by atoms with Gasteiger partial charge in [-0.15, -0.1) is 0 Å². The third kappa shape index (κ3) is 2.58. The number of aryl methyl sites for hydroxylation is 1. The second kappa shape index (κ2) is 5.15. The summed E-state index contributed by atoms with van der Waals surface area (Å²) in [5, 5.41) is 7.68. The quantitative estimate of drug-likeness (QED) is 0.781. The van der Waals surface area contributed by atoms with Gasteiger partial charge in [0, 0.05) is 24.3 Å². The van der Waals surface area contributed by atoms with Crippen molar-refractivity contribution < 1.29 is 0 Å². The molecule has 0 aliphatic carbocycles. The monoisotopic (exact) mass is 195 g/mol. The van der Waals surface area contributed by atoms with Gasteiger partial charge in [0.05, 0.1) is 5.69 Å². The molecule has 0 bridgehead atoms. The molecule has 1 heterocycles. The highest BCUT2D eigenvalue weighted by Crippen LogP contribution is 2.14. The van der Waals surface area contributed by atoms with Gasteiger partial charge in [0.1, 0.15) is 0 Å². The van der Waals surface area contributed by atoms with E-state index >= 15 is 0 Å². The van der Waals surface area contributed by atoms with Crippen LogP contribution in [0.3, 0.4) is 0 Å². The van der Waals surface area contributed by atoms with Crippen LogP contribution in [0.25, 0.3) is 0 Å². The lowest BCUT2D eigenvalue weighted by Crippen LogP contribution is -2.06. The van der Waals surface area contributed by atoms with Crippen LogP contribution in [0.15, 0.2) is 6.20 Å². The molecule has 0 amide bonds. The Bertz CT molecular complexity index is 278. The van der Waals surface area contributed by atoms with Crippen LogP contribution in [0, 0.1) is 6.92 Å². The molecule has 1 rings (SSSR count). The zero-order valence-electron chi connectivity index (χ0n) is 9.67. The van der Waals surface area contributed by atoms with Gasteiger partial charge in [0.15, 0.2) is 0 Å². The molecule has 14 heavy (non-hydrogen) atoms. The molecule has 0 aromatic carbocycles. The van der Waals surface area contributed by atoms with Crippen LogP contribution in [0.2, 0.25) is 0 Å². The summed E-state index contributed by atoms with van der Waals surface area (Å²) in [5.41, 5.74) is 2.44. The van der Waals surface area contributed by atoms with E-state index in [0.717, 1.165) is 12.2 Å². The summed E-state index contributed by atoms with van der Waals surface area (Å²) in [4.78, 5) is 0. The first kappa shape index (κ1) is 11.2. The second-order valence-electron chi connectivity index (χ2n) is 3.89. The average molecular weight is 195 g/mol. The summed E-state index contributed by atoms with van der Waals surface area (Å²) < 4.78 is 2.09. The molecule has 0 saturated carbocycles. The lowest BCUT2D eigenvalue weighted by Gasteiger charge is -2.09. The molecule has 3 nitrogen and oxygen atoms in total. The topological polar surface area (TPSA) is 29.9 Å². The van der Waals surface area contributed by atoms with Gasteiger partial charge in [0.25, 0.3) is 0 Å². The maximum Gasteiger partial charge on any atom is 0.0638 e. The molecule has 1 aromatic heterocycles. The van der Waals surface area contributed by atoms with Crippen molar-refractivity contribution in [1.82, 2.24) is 15.1 Å². The zero-order chi connectivity index (χ0) is 10.6. The maximum atomic E-state index is 4.52. The van der Waals surface area contributed by atoms with Crippen molar-refractivity contribution in [2.75, 3.05) is 7.05 Å². The summed E-state index contributed by atoms with van der Waals surface area (Å²) >= 11 is 0. The van der Waals surface area contributed by atoms with Crippen molar-refractivity contribution in [3.63, 3.8) is 0 Å². The predicted octanol–water partition coefficient (Wildman–Crippen LogP) is 2.27. The van der Waals surface area contributed by atoms with Gasteiger partial charge in [0.2, 0.25) is 0 Å². The van der Waals surface area contributed by atoms with Crippen molar-refractivity contribution in [3.8, 4) is 0 Å². The molecule has 0 aliphatic heterocycles. The summed E-state index contributed by atoms with van der Waals surface area (Å²) in [6.07, 6.45) is 4.56. The zero-order valence-corrected chi connectivity index (χ0v) is 9.67. The van der Waals surface area contributed by atoms with E-state index < -0.39 is 0 Å². The Balaban J connectivity index is 2.74. The summed E-state index contributed by atoms with van der Waals surface area (Å²) in [6, 6.07) is 0.518. The molecular formula is C11H21N3. The van der Waals surface area contributed by atoms with Crippen LogP contribution in [0.1, 0.15) is 44.0 Å². The molecule has 1 N–H and O–H groups in total. The number of rotatable bonds is 5. The van der Waals surface area contributed by atoms with Crippen molar-refractivity contribution in [2.24, 2.45) is 0 Å². The van der Waals surface area contributed by atoms with Gasteiger partial charge in [-0.05, 0) is 27.3 Å². The minimum absolute atomic E-state index is 0.518. The Morgan fingerprint density at radius 2 is 2.29 bits per heavy atom. The minimum atomic E-state index is 0.518. The Hall–Kier alpha value is -0.830. The van der Waals surface area contributed by atoms with Gasteiger partial charge in [-0.1, -0.05) is 13.3 Å². The predicted molar refractivity (Wildman–Crippen MR) is 59.3 cm³/mol. The molecule has 1 unspecified atom stereocenters. The molecule has 1 atom stereocenters. The van der Waals surface area contributed by atoms with Gasteiger partial charge in [-0.3, -0.25) is 4.68 Å². The first-order valence-electron chi connectivity index (χ1n) is 5.38. The fraction of sp³-hybridized carbons (Fsp3) is 0.727. The SMILES string of the molecule is CCCC(C)n1cc(CNC)c(C)n1. The number of aromatic nitrogens is 2. The van der Waals surface area contributed by atoms with E-state index in [9.17, 15) is 0 Å². The third-order valence-electron chi connectivity index (χ3n) is 2.54. The molecule has 0 spiro atoms. The average Bonchev–Trinajstić information content (AvgIpc) is 2.49. The van der Waals surface area contributed by atoms with Gasteiger partial charge < -0.3 is 5.32 Å². The second-order valence-corrected chi connectivity index (χ2v) is 3.89. The Morgan fingerprint density at radius 1 is 1.57 bits per heavy atom. The normalized spacial score (nSPS) is 13.1. The van der Waals surface area contributed by atoms with Crippen molar-refractivity contribution in [1.29, 1.82) is 0 Å². The third-order valence-corrected chi connectivity index (χ3v) is 2.54. The van der Waals surface area contributed by atoms with Crippen LogP contribution < -0.4 is 5.32 Å². The Kier molecular flexibility index (Phi) is 4.14. The number of hydrogen-bond donors (Lipinski definition) is 1. The smallest absolute Gasteiger partial charge is 0.0638 e. The Morgan fingerprint density at radius 3 is 2.86 bits per heavy atom. The fourth-order valence-electron chi connectivity index (χ4n) is 1.66. The first-order chi connectivity index (χ1) is 6.69. The van der Waals surface area contributed by atoms with E-state index in [4.69, 9.17) is 0 Å². The van der Waals surface area contributed by atoms with Gasteiger partial charge >= 0.3 is 0 Å². The summed E-state index contributed by atoms with van der Waals surface area (Å²) in [6.45, 7) is 7.41. The van der Waals surface area contributed by atoms with Crippen LogP contribution >= 0.6 is 0 Å². The Labute approximate surface area is 86.5 Å². The number of nitrogens with zero attached hydrogens (tertiary/aromatic N) is 2. The van der Waals surface area contributed by atoms with E-state index in [1.54, 1.807) is 0 Å². The van der Waals surface area contributed by atoms with E-state index in [1.165, 1.54) is 18.4 Å². The molecule has 0 radical (unpaired) electrons. The lowest BCUT2D eigenvalue weighted by molar-refractivity contribution is 0.452. The minimum Gasteiger partial charge on any atom is -0.316 e. The molecule has 0 fully saturated rings. The standard InChI is InChI=1S/C11H21N3/c1-5-6-9(2)14-8-11(7-12-4)10(3)13-14/h8-9,12H,5-7H2,1-4H3. The first-order valence-corrected chi connectivity index (χ1v) is 5.38. The molecular weight excluding hydrogens is 174 g/mol. The van der Waals surface area contributed by atoms with Crippen LogP contribution in [-0.2, 0) is 6.54 Å². The highest BCUT2D eigenvalue weighted by molar-refractivity contribution is 5.15. The molecule has 0 aliphatic rings. The van der Waals surface area contributed by atoms with E-state index in [1.807, 2.05) is 7.05 Å². The van der Waals surface area contributed by atoms with Crippen LogP contribution in [0.5, 0.6) is 0 Å². The highest BCUT2D eigenvalue weighted by atomic mass is 15.3. The van der Waals surface area contributed by atoms with Crippen molar-refractivity contribution >= 4 is 0 Å². The van der Waals surface area contributed by atoms with Gasteiger partial charge in [-0.2, -0.15) is 5.10 Å². The van der Waals surface area contributed by atoms with E-state index in [0.29, 0.717) is 6.04 Å². The van der Waals surface area contributed by atoms with Gasteiger partial charge in [-0.25, -0.2) is 0 Å². The molecule has 80 valence electrons. The molecule has 3 heteroatoms. The van der Waals surface area contributed by atoms with Crippen LogP contribution in [-0.4, -0.2) is 16.8 Å². The maximum absolute atomic E-state index is 4.52. The number of nitrogens with one attached hydrogen (secondary N) is 1. The highest BCUT2D eigenvalue weighted by Gasteiger charge is 2.08. The van der Waals surface area contributed by atoms with Crippen LogP contribution in [0.4, 0.5) is 0 Å². The number of hydrogen-bond acceptors (Lipinski definition) is 2. The largest absolute Gasteiger partial charge is 0.316 e. The van der Waals surface area contributed by atoms with E-state index in [2.05, 4.69) is 42.1 Å². The fourth-order valence-corrected chi connectivity index (χ4v) is 1.66.